The quantitative estimate of drug-likeness (QED) is 0.843. The van der Waals surface area contributed by atoms with Gasteiger partial charge in [-0.25, -0.2) is 0 Å². The highest BCUT2D eigenvalue weighted by atomic mass is 16.5. The molecular weight excluding hydrogens is 286 g/mol. The van der Waals surface area contributed by atoms with E-state index in [0.717, 1.165) is 23.3 Å². The van der Waals surface area contributed by atoms with Gasteiger partial charge in [-0.3, -0.25) is 4.79 Å². The van der Waals surface area contributed by atoms with Gasteiger partial charge in [0.15, 0.2) is 6.61 Å². The van der Waals surface area contributed by atoms with Gasteiger partial charge in [0.1, 0.15) is 5.75 Å². The average molecular weight is 311 g/mol. The third-order valence-corrected chi connectivity index (χ3v) is 3.73. The molecule has 0 saturated carbocycles. The van der Waals surface area contributed by atoms with E-state index in [1.165, 1.54) is 5.56 Å². The number of benzene rings is 2. The van der Waals surface area contributed by atoms with Crippen molar-refractivity contribution >= 4 is 5.91 Å². The molecule has 0 aliphatic carbocycles. The Morgan fingerprint density at radius 1 is 1.13 bits per heavy atom. The van der Waals surface area contributed by atoms with Gasteiger partial charge in [0.25, 0.3) is 5.91 Å². The van der Waals surface area contributed by atoms with Gasteiger partial charge in [-0.2, -0.15) is 0 Å². The highest BCUT2D eigenvalue weighted by Gasteiger charge is 2.10. The maximum atomic E-state index is 11.9. The Labute approximate surface area is 138 Å². The van der Waals surface area contributed by atoms with Gasteiger partial charge in [0.05, 0.1) is 0 Å². The minimum absolute atomic E-state index is 0.0535. The predicted octanol–water partition coefficient (Wildman–Crippen LogP) is 3.86. The fraction of sp³-hybridized carbons (Fsp3) is 0.350. The first-order valence-electron chi connectivity index (χ1n) is 8.10. The lowest BCUT2D eigenvalue weighted by Crippen LogP contribution is -2.30. The van der Waals surface area contributed by atoms with Crippen LogP contribution in [0.4, 0.5) is 0 Å². The summed E-state index contributed by atoms with van der Waals surface area (Å²) in [4.78, 5) is 11.9. The highest BCUT2D eigenvalue weighted by molar-refractivity contribution is 5.77. The number of rotatable bonds is 7. The molecule has 0 heterocycles. The van der Waals surface area contributed by atoms with Gasteiger partial charge >= 0.3 is 0 Å². The lowest BCUT2D eigenvalue weighted by Gasteiger charge is -2.14. The molecule has 0 bridgehead atoms. The lowest BCUT2D eigenvalue weighted by molar-refractivity contribution is -0.123. The topological polar surface area (TPSA) is 38.3 Å². The van der Waals surface area contributed by atoms with Crippen LogP contribution in [0.5, 0.6) is 5.75 Å². The summed E-state index contributed by atoms with van der Waals surface area (Å²) in [7, 11) is 0. The number of ether oxygens (including phenoxy) is 1. The van der Waals surface area contributed by atoms with E-state index in [-0.39, 0.29) is 12.5 Å². The summed E-state index contributed by atoms with van der Waals surface area (Å²) in [6, 6.07) is 16.3. The monoisotopic (exact) mass is 311 g/mol. The first-order chi connectivity index (χ1) is 11.1. The van der Waals surface area contributed by atoms with Gasteiger partial charge in [-0.15, -0.1) is 0 Å². The first kappa shape index (κ1) is 17.1. The minimum Gasteiger partial charge on any atom is -0.483 e. The van der Waals surface area contributed by atoms with E-state index >= 15 is 0 Å². The lowest BCUT2D eigenvalue weighted by atomic mass is 10.0. The van der Waals surface area contributed by atoms with Crippen molar-refractivity contribution in [1.82, 2.24) is 5.32 Å². The molecule has 0 atom stereocenters. The highest BCUT2D eigenvalue weighted by Crippen LogP contribution is 2.27. The second-order valence-electron chi connectivity index (χ2n) is 6.07. The van der Waals surface area contributed by atoms with Crippen molar-refractivity contribution in [3.63, 3.8) is 0 Å². The van der Waals surface area contributed by atoms with E-state index in [4.69, 9.17) is 4.74 Å². The van der Waals surface area contributed by atoms with E-state index < -0.39 is 0 Å². The summed E-state index contributed by atoms with van der Waals surface area (Å²) < 4.78 is 5.73. The molecule has 0 fully saturated rings. The van der Waals surface area contributed by atoms with Crippen LogP contribution < -0.4 is 10.1 Å². The SMILES string of the molecule is Cc1ccc(C(C)C)c(OCC(=O)NCCc2ccccc2)c1. The summed E-state index contributed by atoms with van der Waals surface area (Å²) in [6.07, 6.45) is 0.828. The Balaban J connectivity index is 1.81. The molecule has 23 heavy (non-hydrogen) atoms. The van der Waals surface area contributed by atoms with Crippen molar-refractivity contribution < 1.29 is 9.53 Å². The second-order valence-corrected chi connectivity index (χ2v) is 6.07. The van der Waals surface area contributed by atoms with Gasteiger partial charge in [-0.1, -0.05) is 56.3 Å². The normalized spacial score (nSPS) is 10.6. The number of carbonyl (C=O) groups is 1. The first-order valence-corrected chi connectivity index (χ1v) is 8.10. The van der Waals surface area contributed by atoms with Crippen LogP contribution in [0, 0.1) is 6.92 Å². The number of hydrogen-bond acceptors (Lipinski definition) is 2. The van der Waals surface area contributed by atoms with E-state index in [1.54, 1.807) is 0 Å². The minimum atomic E-state index is -0.0860. The van der Waals surface area contributed by atoms with Crippen molar-refractivity contribution in [1.29, 1.82) is 0 Å². The zero-order valence-corrected chi connectivity index (χ0v) is 14.1. The second kappa shape index (κ2) is 8.37. The standard InChI is InChI=1S/C20H25NO2/c1-15(2)18-10-9-16(3)13-19(18)23-14-20(22)21-12-11-17-7-5-4-6-8-17/h4-10,13,15H,11-12,14H2,1-3H3,(H,21,22). The molecule has 0 unspecified atom stereocenters. The zero-order valence-electron chi connectivity index (χ0n) is 14.1. The molecular formula is C20H25NO2. The van der Waals surface area contributed by atoms with Crippen LogP contribution in [0.2, 0.25) is 0 Å². The largest absolute Gasteiger partial charge is 0.483 e. The smallest absolute Gasteiger partial charge is 0.257 e. The number of carbonyl (C=O) groups excluding carboxylic acids is 1. The molecule has 0 aliphatic rings. The maximum Gasteiger partial charge on any atom is 0.257 e. The van der Waals surface area contributed by atoms with Crippen molar-refractivity contribution in [2.45, 2.75) is 33.1 Å². The Hall–Kier alpha value is -2.29. The van der Waals surface area contributed by atoms with E-state index in [9.17, 15) is 4.79 Å². The number of amides is 1. The van der Waals surface area contributed by atoms with Crippen molar-refractivity contribution in [3.05, 3.63) is 65.2 Å². The molecule has 0 aliphatic heterocycles. The number of hydrogen-bond donors (Lipinski definition) is 1. The molecule has 2 rings (SSSR count). The van der Waals surface area contributed by atoms with Crippen LogP contribution >= 0.6 is 0 Å². The molecule has 122 valence electrons. The molecule has 3 heteroatoms. The van der Waals surface area contributed by atoms with Crippen LogP contribution in [0.15, 0.2) is 48.5 Å². The fourth-order valence-electron chi connectivity index (χ4n) is 2.43. The molecule has 0 radical (unpaired) electrons. The molecule has 2 aromatic rings. The van der Waals surface area contributed by atoms with Crippen LogP contribution in [0.1, 0.15) is 36.5 Å². The number of aryl methyl sites for hydroxylation is 1. The molecule has 1 amide bonds. The average Bonchev–Trinajstić information content (AvgIpc) is 2.53. The summed E-state index contributed by atoms with van der Waals surface area (Å²) in [6.45, 7) is 6.95. The van der Waals surface area contributed by atoms with E-state index in [0.29, 0.717) is 12.5 Å². The van der Waals surface area contributed by atoms with Crippen molar-refractivity contribution in [2.24, 2.45) is 0 Å². The third-order valence-electron chi connectivity index (χ3n) is 3.73. The third kappa shape index (κ3) is 5.44. The fourth-order valence-corrected chi connectivity index (χ4v) is 2.43. The van der Waals surface area contributed by atoms with Gasteiger partial charge < -0.3 is 10.1 Å². The van der Waals surface area contributed by atoms with Crippen LogP contribution in [0.25, 0.3) is 0 Å². The summed E-state index contributed by atoms with van der Waals surface area (Å²) in [5.74, 6) is 1.09. The van der Waals surface area contributed by atoms with Crippen LogP contribution in [-0.2, 0) is 11.2 Å². The molecule has 1 N–H and O–H groups in total. The van der Waals surface area contributed by atoms with Crippen molar-refractivity contribution in [3.8, 4) is 5.75 Å². The molecule has 0 aromatic heterocycles. The van der Waals surface area contributed by atoms with Gasteiger partial charge in [0.2, 0.25) is 0 Å². The zero-order chi connectivity index (χ0) is 16.7. The van der Waals surface area contributed by atoms with E-state index in [1.807, 2.05) is 31.2 Å². The summed E-state index contributed by atoms with van der Waals surface area (Å²) in [5, 5.41) is 2.90. The van der Waals surface area contributed by atoms with Crippen molar-refractivity contribution in [2.75, 3.05) is 13.2 Å². The Morgan fingerprint density at radius 3 is 2.57 bits per heavy atom. The Morgan fingerprint density at radius 2 is 1.87 bits per heavy atom. The molecule has 0 spiro atoms. The van der Waals surface area contributed by atoms with Crippen LogP contribution in [0.3, 0.4) is 0 Å². The Kier molecular flexibility index (Phi) is 6.21. The van der Waals surface area contributed by atoms with Gasteiger partial charge in [-0.05, 0) is 42.0 Å². The molecule has 3 nitrogen and oxygen atoms in total. The van der Waals surface area contributed by atoms with Gasteiger partial charge in [0, 0.05) is 6.54 Å². The summed E-state index contributed by atoms with van der Waals surface area (Å²) in [5.41, 5.74) is 3.48. The predicted molar refractivity (Wildman–Crippen MR) is 93.9 cm³/mol. The van der Waals surface area contributed by atoms with Crippen LogP contribution in [-0.4, -0.2) is 19.1 Å². The molecule has 2 aromatic carbocycles. The molecule has 0 saturated heterocycles. The Bertz CT molecular complexity index is 635. The number of nitrogens with one attached hydrogen (secondary N) is 1. The maximum absolute atomic E-state index is 11.9. The van der Waals surface area contributed by atoms with E-state index in [2.05, 4.69) is 43.4 Å². The summed E-state index contributed by atoms with van der Waals surface area (Å²) >= 11 is 0.